The Hall–Kier alpha value is -4.05. The monoisotopic (exact) mass is 605 g/mol. The first-order chi connectivity index (χ1) is 21.2. The highest BCUT2D eigenvalue weighted by Crippen LogP contribution is 2.19. The maximum absolute atomic E-state index is 13.6. The van der Waals surface area contributed by atoms with Gasteiger partial charge in [-0.1, -0.05) is 62.7 Å². The van der Waals surface area contributed by atoms with Crippen LogP contribution in [-0.4, -0.2) is 59.6 Å². The van der Waals surface area contributed by atoms with Crippen molar-refractivity contribution in [3.63, 3.8) is 0 Å². The minimum absolute atomic E-state index is 0.132. The molecule has 0 radical (unpaired) electrons. The molecule has 0 saturated carbocycles. The fourth-order valence-electron chi connectivity index (χ4n) is 5.23. The molecular formula is C34H47N5O5. The number of nitrogens with one attached hydrogen (secondary N) is 3. The number of unbranched alkanes of at least 4 members (excludes halogenated alkanes) is 3. The fraction of sp³-hybridized carbons (Fsp3) is 0.500. The van der Waals surface area contributed by atoms with Crippen LogP contribution in [-0.2, 0) is 36.8 Å². The molecule has 0 spiro atoms. The largest absolute Gasteiger partial charge is 0.344 e. The average molecular weight is 606 g/mol. The molecule has 1 saturated heterocycles. The predicted octanol–water partition coefficient (Wildman–Crippen LogP) is 3.48. The van der Waals surface area contributed by atoms with Crippen LogP contribution in [0.3, 0.4) is 0 Å². The maximum Gasteiger partial charge on any atom is 0.246 e. The highest BCUT2D eigenvalue weighted by Gasteiger charge is 2.34. The first-order valence-corrected chi connectivity index (χ1v) is 15.8. The molecule has 238 valence electrons. The number of benzene rings is 2. The molecule has 2 aromatic rings. The number of aryl methyl sites for hydroxylation is 1. The summed E-state index contributed by atoms with van der Waals surface area (Å²) in [5.41, 5.74) is 8.35. The number of likely N-dealkylation sites (tertiary alicyclic amines) is 1. The number of nitrogens with zero attached hydrogens (tertiary/aromatic N) is 1. The van der Waals surface area contributed by atoms with Crippen molar-refractivity contribution in [2.24, 2.45) is 11.7 Å². The summed E-state index contributed by atoms with van der Waals surface area (Å²) in [5, 5.41) is 8.66. The molecule has 1 fully saturated rings. The highest BCUT2D eigenvalue weighted by molar-refractivity contribution is 6.03. The zero-order chi connectivity index (χ0) is 31.9. The van der Waals surface area contributed by atoms with Gasteiger partial charge in [-0.25, -0.2) is 0 Å². The summed E-state index contributed by atoms with van der Waals surface area (Å²) < 4.78 is 0. The lowest BCUT2D eigenvalue weighted by atomic mass is 10.0. The van der Waals surface area contributed by atoms with Crippen LogP contribution in [0.2, 0.25) is 0 Å². The maximum atomic E-state index is 13.6. The Balaban J connectivity index is 1.59. The second-order valence-electron chi connectivity index (χ2n) is 11.5. The van der Waals surface area contributed by atoms with Crippen molar-refractivity contribution in [1.29, 1.82) is 0 Å². The van der Waals surface area contributed by atoms with Gasteiger partial charge in [0.2, 0.25) is 29.5 Å². The first-order valence-electron chi connectivity index (χ1n) is 15.8. The van der Waals surface area contributed by atoms with Gasteiger partial charge in [-0.3, -0.25) is 28.9 Å². The molecule has 1 aliphatic rings. The summed E-state index contributed by atoms with van der Waals surface area (Å²) in [4.78, 5) is 65.2. The SMILES string of the molecule is CCc1ccc(NC(=O)[C@H](CCCCN)NC(=O)[C@H](Cc2ccccc2)NC(=O)CCCCCN2C(=O)CC(C)C2=O)cc1. The van der Waals surface area contributed by atoms with E-state index in [1.54, 1.807) is 6.92 Å². The number of hydrogen-bond donors (Lipinski definition) is 4. The van der Waals surface area contributed by atoms with E-state index in [9.17, 15) is 24.0 Å². The van der Waals surface area contributed by atoms with Crippen molar-refractivity contribution in [3.05, 3.63) is 65.7 Å². The number of nitrogens with two attached hydrogens (primary N) is 1. The lowest BCUT2D eigenvalue weighted by molar-refractivity contribution is -0.139. The molecule has 2 aromatic carbocycles. The molecule has 0 bridgehead atoms. The van der Waals surface area contributed by atoms with Gasteiger partial charge >= 0.3 is 0 Å². The number of hydrogen-bond acceptors (Lipinski definition) is 6. The first kappa shape index (κ1) is 34.4. The van der Waals surface area contributed by atoms with Gasteiger partial charge in [-0.2, -0.15) is 0 Å². The van der Waals surface area contributed by atoms with Crippen LogP contribution < -0.4 is 21.7 Å². The van der Waals surface area contributed by atoms with E-state index in [1.807, 2.05) is 54.6 Å². The van der Waals surface area contributed by atoms with Crippen molar-refractivity contribution < 1.29 is 24.0 Å². The molecule has 10 nitrogen and oxygen atoms in total. The quantitative estimate of drug-likeness (QED) is 0.151. The van der Waals surface area contributed by atoms with Crippen molar-refractivity contribution in [3.8, 4) is 0 Å². The topological polar surface area (TPSA) is 151 Å². The number of amides is 5. The van der Waals surface area contributed by atoms with Crippen LogP contribution >= 0.6 is 0 Å². The smallest absolute Gasteiger partial charge is 0.246 e. The summed E-state index contributed by atoms with van der Waals surface area (Å²) in [6, 6.07) is 15.3. The predicted molar refractivity (Wildman–Crippen MR) is 170 cm³/mol. The molecule has 3 atom stereocenters. The average Bonchev–Trinajstić information content (AvgIpc) is 3.26. The van der Waals surface area contributed by atoms with Crippen molar-refractivity contribution in [2.75, 3.05) is 18.4 Å². The van der Waals surface area contributed by atoms with E-state index in [1.165, 1.54) is 4.90 Å². The Labute approximate surface area is 260 Å². The lowest BCUT2D eigenvalue weighted by Gasteiger charge is -2.23. The Bertz CT molecular complexity index is 1250. The lowest BCUT2D eigenvalue weighted by Crippen LogP contribution is -2.53. The standard InChI is InChI=1S/C34H47N5O5/c1-3-25-16-18-27(19-17-25)36-32(42)28(14-9-10-20-35)38-33(43)29(23-26-12-6-4-7-13-26)37-30(40)15-8-5-11-21-39-31(41)22-24(2)34(39)44/h4,6-7,12-13,16-19,24,28-29H,3,5,8-11,14-15,20-23,35H2,1-2H3,(H,36,42)(H,37,40)(H,38,43)/t24?,28-,29-/m0/s1. The fourth-order valence-corrected chi connectivity index (χ4v) is 5.23. The Morgan fingerprint density at radius 3 is 2.23 bits per heavy atom. The molecule has 0 aromatic heterocycles. The Morgan fingerprint density at radius 2 is 1.59 bits per heavy atom. The van der Waals surface area contributed by atoms with Gasteiger partial charge in [-0.15, -0.1) is 0 Å². The highest BCUT2D eigenvalue weighted by atomic mass is 16.2. The molecule has 0 aliphatic carbocycles. The molecule has 10 heteroatoms. The van der Waals surface area contributed by atoms with Gasteiger partial charge in [0.1, 0.15) is 12.1 Å². The molecule has 3 rings (SSSR count). The van der Waals surface area contributed by atoms with E-state index in [-0.39, 0.29) is 48.8 Å². The van der Waals surface area contributed by atoms with Crippen molar-refractivity contribution in [1.82, 2.24) is 15.5 Å². The van der Waals surface area contributed by atoms with Crippen molar-refractivity contribution >= 4 is 35.2 Å². The third-order valence-electron chi connectivity index (χ3n) is 7.90. The molecule has 44 heavy (non-hydrogen) atoms. The van der Waals surface area contributed by atoms with Crippen LogP contribution in [0.25, 0.3) is 0 Å². The van der Waals surface area contributed by atoms with E-state index in [4.69, 9.17) is 5.73 Å². The Morgan fingerprint density at radius 1 is 0.864 bits per heavy atom. The van der Waals surface area contributed by atoms with Crippen LogP contribution in [0, 0.1) is 5.92 Å². The third kappa shape index (κ3) is 10.9. The minimum atomic E-state index is -0.875. The zero-order valence-corrected chi connectivity index (χ0v) is 26.0. The summed E-state index contributed by atoms with van der Waals surface area (Å²) >= 11 is 0. The van der Waals surface area contributed by atoms with E-state index < -0.39 is 18.0 Å². The summed E-state index contributed by atoms with van der Waals surface area (Å²) in [7, 11) is 0. The van der Waals surface area contributed by atoms with Gasteiger partial charge in [0, 0.05) is 37.4 Å². The number of imide groups is 1. The number of carbonyl (C=O) groups excluding carboxylic acids is 5. The third-order valence-corrected chi connectivity index (χ3v) is 7.90. The zero-order valence-electron chi connectivity index (χ0n) is 26.0. The molecular weight excluding hydrogens is 558 g/mol. The van der Waals surface area contributed by atoms with Crippen LogP contribution in [0.15, 0.2) is 54.6 Å². The second-order valence-corrected chi connectivity index (χ2v) is 11.5. The number of carbonyl (C=O) groups is 5. The summed E-state index contributed by atoms with van der Waals surface area (Å²) in [6.45, 7) is 4.66. The molecule has 5 amide bonds. The molecule has 1 unspecified atom stereocenters. The van der Waals surface area contributed by atoms with E-state index in [0.717, 1.165) is 17.5 Å². The van der Waals surface area contributed by atoms with Gasteiger partial charge in [0.15, 0.2) is 0 Å². The van der Waals surface area contributed by atoms with Gasteiger partial charge in [0.05, 0.1) is 0 Å². The van der Waals surface area contributed by atoms with Gasteiger partial charge < -0.3 is 21.7 Å². The van der Waals surface area contributed by atoms with Crippen molar-refractivity contribution in [2.45, 2.75) is 90.1 Å². The van der Waals surface area contributed by atoms with Gasteiger partial charge in [0.25, 0.3) is 0 Å². The van der Waals surface area contributed by atoms with Crippen LogP contribution in [0.4, 0.5) is 5.69 Å². The summed E-state index contributed by atoms with van der Waals surface area (Å²) in [5.74, 6) is -1.57. The number of anilines is 1. The Kier molecular flexibility index (Phi) is 14.0. The minimum Gasteiger partial charge on any atom is -0.344 e. The van der Waals surface area contributed by atoms with Crippen LogP contribution in [0.5, 0.6) is 0 Å². The number of rotatable bonds is 18. The molecule has 1 aliphatic heterocycles. The van der Waals surface area contributed by atoms with E-state index >= 15 is 0 Å². The van der Waals surface area contributed by atoms with Gasteiger partial charge in [-0.05, 0) is 68.3 Å². The van der Waals surface area contributed by atoms with Crippen LogP contribution in [0.1, 0.15) is 76.3 Å². The van der Waals surface area contributed by atoms with E-state index in [0.29, 0.717) is 57.3 Å². The molecule has 5 N–H and O–H groups in total. The second kappa shape index (κ2) is 17.9. The molecule has 1 heterocycles. The normalized spacial score (nSPS) is 16.0. The van der Waals surface area contributed by atoms with E-state index in [2.05, 4.69) is 22.9 Å². The summed E-state index contributed by atoms with van der Waals surface area (Å²) in [6.07, 6.45) is 5.24.